The first-order valence-electron chi connectivity index (χ1n) is 20.9. The van der Waals surface area contributed by atoms with Crippen LogP contribution in [0.4, 0.5) is 0 Å². The molecule has 0 radical (unpaired) electrons. The first-order valence-corrected chi connectivity index (χ1v) is 22.4. The molecular weight excluding hydrogens is 699 g/mol. The van der Waals surface area contributed by atoms with Gasteiger partial charge in [-0.3, -0.25) is 14.1 Å². The second-order valence-corrected chi connectivity index (χ2v) is 14.8. The SMILES string of the molecule is CC/C=C\C/C=C\C/C=C\C/C=C\C/C=C\CCCCCC(=O)OC(COC(=O)CCCCCCCCC/C=C\C/C=C\CCCCC)COP(=O)(O)O. The molecule has 0 saturated carbocycles. The van der Waals surface area contributed by atoms with E-state index in [0.717, 1.165) is 83.5 Å². The Balaban J connectivity index is 4.03. The quantitative estimate of drug-likeness (QED) is 0.0277. The number of esters is 2. The lowest BCUT2D eigenvalue weighted by Crippen LogP contribution is -2.29. The number of hydrogen-bond donors (Lipinski definition) is 2. The Hall–Kier alpha value is -2.77. The van der Waals surface area contributed by atoms with Gasteiger partial charge in [0.1, 0.15) is 6.61 Å². The fraction of sp³-hybridized carbons (Fsp3) is 0.644. The molecule has 2 N–H and O–H groups in total. The topological polar surface area (TPSA) is 119 Å². The highest BCUT2D eigenvalue weighted by atomic mass is 31.2. The van der Waals surface area contributed by atoms with E-state index in [-0.39, 0.29) is 19.4 Å². The molecule has 0 heterocycles. The van der Waals surface area contributed by atoms with E-state index in [0.29, 0.717) is 12.8 Å². The molecule has 0 aliphatic rings. The molecular formula is C45H75O8P. The van der Waals surface area contributed by atoms with Gasteiger partial charge in [0.15, 0.2) is 6.10 Å². The highest BCUT2D eigenvalue weighted by molar-refractivity contribution is 7.46. The second kappa shape index (κ2) is 39.9. The maximum atomic E-state index is 12.4. The molecule has 54 heavy (non-hydrogen) atoms. The summed E-state index contributed by atoms with van der Waals surface area (Å²) in [6.45, 7) is 3.50. The van der Waals surface area contributed by atoms with E-state index in [1.54, 1.807) is 0 Å². The van der Waals surface area contributed by atoms with Crippen LogP contribution in [0.15, 0.2) is 85.1 Å². The number of unbranched alkanes of at least 4 members (excludes halogenated alkanes) is 13. The molecule has 0 aliphatic carbocycles. The third kappa shape index (κ3) is 42.0. The van der Waals surface area contributed by atoms with Crippen molar-refractivity contribution in [3.8, 4) is 0 Å². The molecule has 1 atom stereocenters. The van der Waals surface area contributed by atoms with Crippen LogP contribution in [0.1, 0.15) is 168 Å². The first kappa shape index (κ1) is 51.2. The highest BCUT2D eigenvalue weighted by Crippen LogP contribution is 2.36. The number of phosphoric ester groups is 1. The minimum atomic E-state index is -4.77. The molecule has 0 bridgehead atoms. The van der Waals surface area contributed by atoms with Crippen LogP contribution in [0.3, 0.4) is 0 Å². The largest absolute Gasteiger partial charge is 0.469 e. The summed E-state index contributed by atoms with van der Waals surface area (Å²) >= 11 is 0. The van der Waals surface area contributed by atoms with Crippen molar-refractivity contribution in [2.24, 2.45) is 0 Å². The molecule has 0 rings (SSSR count). The average Bonchev–Trinajstić information content (AvgIpc) is 3.14. The van der Waals surface area contributed by atoms with Gasteiger partial charge in [-0.15, -0.1) is 0 Å². The van der Waals surface area contributed by atoms with E-state index in [4.69, 9.17) is 19.3 Å². The van der Waals surface area contributed by atoms with Gasteiger partial charge in [0.2, 0.25) is 0 Å². The van der Waals surface area contributed by atoms with E-state index in [1.807, 2.05) is 0 Å². The van der Waals surface area contributed by atoms with Gasteiger partial charge in [-0.25, -0.2) is 4.57 Å². The van der Waals surface area contributed by atoms with Crippen molar-refractivity contribution in [1.29, 1.82) is 0 Å². The van der Waals surface area contributed by atoms with Crippen LogP contribution in [-0.4, -0.2) is 41.0 Å². The molecule has 1 unspecified atom stereocenters. The first-order chi connectivity index (χ1) is 26.3. The number of phosphoric acid groups is 1. The zero-order valence-corrected chi connectivity index (χ0v) is 34.7. The van der Waals surface area contributed by atoms with Gasteiger partial charge in [0, 0.05) is 12.8 Å². The fourth-order valence-corrected chi connectivity index (χ4v) is 5.67. The lowest BCUT2D eigenvalue weighted by atomic mass is 10.1. The Kier molecular flexibility index (Phi) is 37.9. The third-order valence-corrected chi connectivity index (χ3v) is 8.88. The van der Waals surface area contributed by atoms with Crippen molar-refractivity contribution >= 4 is 19.8 Å². The number of rotatable bonds is 37. The Bertz CT molecular complexity index is 1140. The van der Waals surface area contributed by atoms with Gasteiger partial charge in [0.25, 0.3) is 0 Å². The highest BCUT2D eigenvalue weighted by Gasteiger charge is 2.22. The predicted octanol–water partition coefficient (Wildman–Crippen LogP) is 12.8. The minimum absolute atomic E-state index is 0.166. The molecule has 9 heteroatoms. The fourth-order valence-electron chi connectivity index (χ4n) is 5.31. The van der Waals surface area contributed by atoms with Crippen LogP contribution in [0, 0.1) is 0 Å². The van der Waals surface area contributed by atoms with Crippen LogP contribution in [0.2, 0.25) is 0 Å². The van der Waals surface area contributed by atoms with E-state index in [1.165, 1.54) is 44.9 Å². The van der Waals surface area contributed by atoms with Crippen molar-refractivity contribution < 1.29 is 37.9 Å². The summed E-state index contributed by atoms with van der Waals surface area (Å²) in [7, 11) is -4.77. The summed E-state index contributed by atoms with van der Waals surface area (Å²) in [4.78, 5) is 42.9. The van der Waals surface area contributed by atoms with Crippen LogP contribution >= 0.6 is 7.82 Å². The Labute approximate surface area is 329 Å². The van der Waals surface area contributed by atoms with Crippen molar-refractivity contribution in [3.05, 3.63) is 85.1 Å². The molecule has 0 spiro atoms. The van der Waals surface area contributed by atoms with Crippen LogP contribution in [0.25, 0.3) is 0 Å². The van der Waals surface area contributed by atoms with Crippen molar-refractivity contribution in [2.45, 2.75) is 174 Å². The normalized spacial score (nSPS) is 13.3. The average molecular weight is 775 g/mol. The number of ether oxygens (including phenoxy) is 2. The molecule has 0 aromatic heterocycles. The van der Waals surface area contributed by atoms with E-state index < -0.39 is 32.5 Å². The molecule has 8 nitrogen and oxygen atoms in total. The second-order valence-electron chi connectivity index (χ2n) is 13.6. The van der Waals surface area contributed by atoms with Gasteiger partial charge >= 0.3 is 19.8 Å². The molecule has 0 aromatic carbocycles. The molecule has 0 aliphatic heterocycles. The summed E-state index contributed by atoms with van der Waals surface area (Å²) < 4.78 is 26.4. The summed E-state index contributed by atoms with van der Waals surface area (Å²) in [6.07, 6.45) is 53.0. The molecule has 0 aromatic rings. The maximum Gasteiger partial charge on any atom is 0.469 e. The van der Waals surface area contributed by atoms with Crippen LogP contribution in [-0.2, 0) is 28.2 Å². The van der Waals surface area contributed by atoms with Gasteiger partial charge in [0.05, 0.1) is 6.61 Å². The van der Waals surface area contributed by atoms with Crippen molar-refractivity contribution in [2.75, 3.05) is 13.2 Å². The van der Waals surface area contributed by atoms with E-state index in [2.05, 4.69) is 103 Å². The number of carbonyl (C=O) groups excluding carboxylic acids is 2. The monoisotopic (exact) mass is 775 g/mol. The maximum absolute atomic E-state index is 12.4. The Morgan fingerprint density at radius 3 is 1.35 bits per heavy atom. The Morgan fingerprint density at radius 2 is 0.889 bits per heavy atom. The lowest BCUT2D eigenvalue weighted by molar-refractivity contribution is -0.161. The summed E-state index contributed by atoms with van der Waals surface area (Å²) in [5.74, 6) is -0.938. The standard InChI is InChI=1S/C45H75O8P/c1-3-5-7-9-11-13-15-17-19-21-22-24-26-28-30-32-34-36-38-40-45(47)53-43(42-52-54(48,49)50)41-51-44(46)39-37-35-33-31-29-27-25-23-20-18-16-14-12-10-8-6-4-2/h5,7,11-14,17-20,22,24,28,30,43H,3-4,6,8-10,15-16,21,23,25-27,29,31-42H2,1-2H3,(H2,48,49,50)/b7-5-,13-11-,14-12-,19-17-,20-18-,24-22-,30-28-. The Morgan fingerprint density at radius 1 is 0.500 bits per heavy atom. The molecule has 0 fully saturated rings. The molecule has 0 saturated heterocycles. The summed E-state index contributed by atoms with van der Waals surface area (Å²) in [6, 6.07) is 0. The van der Waals surface area contributed by atoms with Gasteiger partial charge in [-0.1, -0.05) is 150 Å². The summed E-state index contributed by atoms with van der Waals surface area (Å²) in [5.41, 5.74) is 0. The van der Waals surface area contributed by atoms with E-state index in [9.17, 15) is 14.2 Å². The minimum Gasteiger partial charge on any atom is -0.462 e. The van der Waals surface area contributed by atoms with E-state index >= 15 is 0 Å². The molecule has 0 amide bonds. The summed E-state index contributed by atoms with van der Waals surface area (Å²) in [5, 5.41) is 0. The zero-order valence-electron chi connectivity index (χ0n) is 33.8. The number of allylic oxidation sites excluding steroid dienone is 14. The lowest BCUT2D eigenvalue weighted by Gasteiger charge is -2.18. The number of hydrogen-bond acceptors (Lipinski definition) is 6. The zero-order chi connectivity index (χ0) is 39.6. The molecule has 308 valence electrons. The smallest absolute Gasteiger partial charge is 0.462 e. The van der Waals surface area contributed by atoms with Crippen LogP contribution in [0.5, 0.6) is 0 Å². The van der Waals surface area contributed by atoms with Gasteiger partial charge in [-0.2, -0.15) is 0 Å². The van der Waals surface area contributed by atoms with Crippen molar-refractivity contribution in [1.82, 2.24) is 0 Å². The van der Waals surface area contributed by atoms with Gasteiger partial charge < -0.3 is 19.3 Å². The third-order valence-electron chi connectivity index (χ3n) is 8.40. The predicted molar refractivity (Wildman–Crippen MR) is 225 cm³/mol. The van der Waals surface area contributed by atoms with Crippen LogP contribution < -0.4 is 0 Å². The number of carbonyl (C=O) groups is 2. The van der Waals surface area contributed by atoms with Crippen molar-refractivity contribution in [3.63, 3.8) is 0 Å². The van der Waals surface area contributed by atoms with Gasteiger partial charge in [-0.05, 0) is 89.9 Å².